The fourth-order valence-corrected chi connectivity index (χ4v) is 4.38. The molecule has 0 saturated carbocycles. The molecule has 8 heteroatoms. The molecule has 2 aromatic rings. The second-order valence-corrected chi connectivity index (χ2v) is 8.23. The van der Waals surface area contributed by atoms with Crippen LogP contribution in [0.1, 0.15) is 37.7 Å². The molecule has 1 atom stereocenters. The van der Waals surface area contributed by atoms with Crippen LogP contribution in [0, 0.1) is 5.82 Å². The third-order valence-electron chi connectivity index (χ3n) is 5.43. The molecular formula is C23H21BrFN3O3. The van der Waals surface area contributed by atoms with Crippen molar-refractivity contribution in [2.24, 2.45) is 5.73 Å². The largest absolute Gasteiger partial charge is 0.463 e. The van der Waals surface area contributed by atoms with Crippen LogP contribution in [0.3, 0.4) is 0 Å². The molecule has 2 N–H and O–H groups in total. The maximum absolute atomic E-state index is 13.6. The number of ether oxygens (including phenoxy) is 1. The molecule has 1 aliphatic heterocycles. The van der Waals surface area contributed by atoms with Crippen molar-refractivity contribution >= 4 is 33.5 Å². The van der Waals surface area contributed by atoms with Gasteiger partial charge in [-0.05, 0) is 65.5 Å². The van der Waals surface area contributed by atoms with Gasteiger partial charge < -0.3 is 10.5 Å². The molecule has 1 aliphatic carbocycles. The zero-order valence-corrected chi connectivity index (χ0v) is 18.5. The first-order valence-corrected chi connectivity index (χ1v) is 10.8. The van der Waals surface area contributed by atoms with E-state index in [2.05, 4.69) is 20.9 Å². The summed E-state index contributed by atoms with van der Waals surface area (Å²) in [6.07, 6.45) is 3.27. The summed E-state index contributed by atoms with van der Waals surface area (Å²) in [6.45, 7) is 1.86. The van der Waals surface area contributed by atoms with Crippen molar-refractivity contribution in [1.82, 2.24) is 4.98 Å². The fourth-order valence-electron chi connectivity index (χ4n) is 4.15. The number of rotatable bonds is 4. The zero-order chi connectivity index (χ0) is 22.1. The van der Waals surface area contributed by atoms with Gasteiger partial charge in [-0.1, -0.05) is 12.1 Å². The minimum atomic E-state index is -0.728. The first kappa shape index (κ1) is 21.2. The number of ketones is 1. The highest BCUT2D eigenvalue weighted by atomic mass is 79.9. The number of hydrogen-bond acceptors (Lipinski definition) is 6. The van der Waals surface area contributed by atoms with Gasteiger partial charge in [-0.3, -0.25) is 9.69 Å². The highest BCUT2D eigenvalue weighted by Crippen LogP contribution is 2.46. The molecule has 1 aromatic heterocycles. The third kappa shape index (κ3) is 3.87. The van der Waals surface area contributed by atoms with Crippen molar-refractivity contribution in [1.29, 1.82) is 0 Å². The molecule has 0 unspecified atom stereocenters. The van der Waals surface area contributed by atoms with Gasteiger partial charge in [0.25, 0.3) is 0 Å². The number of nitrogens with zero attached hydrogens (tertiary/aromatic N) is 2. The monoisotopic (exact) mass is 485 g/mol. The standard InChI is InChI=1S/C23H21BrFN3O3/c1-2-31-23(30)21-19(13-6-9-15(25)10-7-13)20-16(4-3-5-17(20)29)28(22(21)26)18-11-8-14(24)12-27-18/h6-12,19H,2-5,26H2,1H3/t19-/m1/s1. The van der Waals surface area contributed by atoms with Crippen LogP contribution in [0.5, 0.6) is 0 Å². The Morgan fingerprint density at radius 2 is 2.00 bits per heavy atom. The maximum Gasteiger partial charge on any atom is 0.338 e. The van der Waals surface area contributed by atoms with Crippen LogP contribution in [-0.2, 0) is 14.3 Å². The lowest BCUT2D eigenvalue weighted by molar-refractivity contribution is -0.138. The normalized spacial score (nSPS) is 18.9. The summed E-state index contributed by atoms with van der Waals surface area (Å²) < 4.78 is 19.7. The molecule has 160 valence electrons. The molecule has 1 aromatic carbocycles. The van der Waals surface area contributed by atoms with Gasteiger partial charge in [0.15, 0.2) is 5.78 Å². The van der Waals surface area contributed by atoms with Crippen molar-refractivity contribution < 1.29 is 18.7 Å². The van der Waals surface area contributed by atoms with Gasteiger partial charge in [0.2, 0.25) is 0 Å². The van der Waals surface area contributed by atoms with Crippen LogP contribution in [-0.4, -0.2) is 23.3 Å². The van der Waals surface area contributed by atoms with Crippen molar-refractivity contribution in [3.63, 3.8) is 0 Å². The smallest absolute Gasteiger partial charge is 0.338 e. The first-order valence-electron chi connectivity index (χ1n) is 10.0. The van der Waals surface area contributed by atoms with E-state index in [9.17, 15) is 14.0 Å². The molecule has 6 nitrogen and oxygen atoms in total. The molecular weight excluding hydrogens is 465 g/mol. The number of anilines is 1. The van der Waals surface area contributed by atoms with Gasteiger partial charge >= 0.3 is 5.97 Å². The molecule has 0 amide bonds. The minimum absolute atomic E-state index is 0.0630. The number of Topliss-reactive ketones (excluding diaryl/α,β-unsaturated/α-hetero) is 1. The Balaban J connectivity index is 1.98. The quantitative estimate of drug-likeness (QED) is 0.648. The predicted octanol–water partition coefficient (Wildman–Crippen LogP) is 4.33. The van der Waals surface area contributed by atoms with Gasteiger partial charge in [0, 0.05) is 28.4 Å². The van der Waals surface area contributed by atoms with Crippen LogP contribution >= 0.6 is 15.9 Å². The topological polar surface area (TPSA) is 85.5 Å². The van der Waals surface area contributed by atoms with Crippen LogP contribution in [0.15, 0.2) is 69.7 Å². The van der Waals surface area contributed by atoms with Gasteiger partial charge in [0.05, 0.1) is 18.1 Å². The van der Waals surface area contributed by atoms with Gasteiger partial charge in [0.1, 0.15) is 17.5 Å². The number of pyridine rings is 1. The number of carbonyl (C=O) groups is 2. The summed E-state index contributed by atoms with van der Waals surface area (Å²) in [5.41, 5.74) is 8.54. The summed E-state index contributed by atoms with van der Waals surface area (Å²) in [6, 6.07) is 9.35. The number of benzene rings is 1. The molecule has 2 heterocycles. The third-order valence-corrected chi connectivity index (χ3v) is 5.90. The number of allylic oxidation sites excluding steroid dienone is 2. The summed E-state index contributed by atoms with van der Waals surface area (Å²) in [5, 5.41) is 0. The van der Waals surface area contributed by atoms with Crippen molar-refractivity contribution in [2.45, 2.75) is 32.1 Å². The fraction of sp³-hybridized carbons (Fsp3) is 0.261. The Morgan fingerprint density at radius 1 is 1.26 bits per heavy atom. The number of carbonyl (C=O) groups excluding carboxylic acids is 2. The van der Waals surface area contributed by atoms with E-state index in [0.717, 1.165) is 4.47 Å². The number of aromatic nitrogens is 1. The van der Waals surface area contributed by atoms with Crippen molar-refractivity contribution in [3.05, 3.63) is 81.1 Å². The Labute approximate surface area is 187 Å². The van der Waals surface area contributed by atoms with E-state index in [4.69, 9.17) is 10.5 Å². The molecule has 0 bridgehead atoms. The molecule has 4 rings (SSSR count). The maximum atomic E-state index is 13.6. The van der Waals surface area contributed by atoms with Gasteiger partial charge in [-0.25, -0.2) is 14.2 Å². The van der Waals surface area contributed by atoms with E-state index >= 15 is 0 Å². The summed E-state index contributed by atoms with van der Waals surface area (Å²) >= 11 is 3.37. The Morgan fingerprint density at radius 3 is 2.65 bits per heavy atom. The van der Waals surface area contributed by atoms with E-state index in [1.807, 2.05) is 6.07 Å². The van der Waals surface area contributed by atoms with Crippen molar-refractivity contribution in [3.8, 4) is 0 Å². The highest BCUT2D eigenvalue weighted by molar-refractivity contribution is 9.10. The van der Waals surface area contributed by atoms with E-state index in [0.29, 0.717) is 41.9 Å². The van der Waals surface area contributed by atoms with E-state index in [-0.39, 0.29) is 23.8 Å². The summed E-state index contributed by atoms with van der Waals surface area (Å²) in [7, 11) is 0. The SMILES string of the molecule is CCOC(=O)C1=C(N)N(c2ccc(Br)cn2)C2=C(C(=O)CCC2)[C@H]1c1ccc(F)cc1. The summed E-state index contributed by atoms with van der Waals surface area (Å²) in [4.78, 5) is 32.3. The van der Waals surface area contributed by atoms with E-state index < -0.39 is 17.7 Å². The van der Waals surface area contributed by atoms with Gasteiger partial charge in [-0.2, -0.15) is 0 Å². The lowest BCUT2D eigenvalue weighted by atomic mass is 9.75. The first-order chi connectivity index (χ1) is 14.9. The minimum Gasteiger partial charge on any atom is -0.463 e. The van der Waals surface area contributed by atoms with Crippen LogP contribution in [0.2, 0.25) is 0 Å². The number of halogens is 2. The second-order valence-electron chi connectivity index (χ2n) is 7.31. The lowest BCUT2D eigenvalue weighted by Crippen LogP contribution is -2.41. The zero-order valence-electron chi connectivity index (χ0n) is 16.9. The highest BCUT2D eigenvalue weighted by Gasteiger charge is 2.43. The second kappa shape index (κ2) is 8.63. The molecule has 0 radical (unpaired) electrons. The summed E-state index contributed by atoms with van der Waals surface area (Å²) in [5.74, 6) is -1.14. The predicted molar refractivity (Wildman–Crippen MR) is 117 cm³/mol. The molecule has 31 heavy (non-hydrogen) atoms. The number of hydrogen-bond donors (Lipinski definition) is 1. The Kier molecular flexibility index (Phi) is 5.91. The van der Waals surface area contributed by atoms with Crippen LogP contribution in [0.25, 0.3) is 0 Å². The van der Waals surface area contributed by atoms with E-state index in [1.165, 1.54) is 12.1 Å². The average molecular weight is 486 g/mol. The average Bonchev–Trinajstić information content (AvgIpc) is 2.75. The Hall–Kier alpha value is -3.00. The molecule has 0 spiro atoms. The van der Waals surface area contributed by atoms with E-state index in [1.54, 1.807) is 36.2 Å². The molecule has 0 fully saturated rings. The van der Waals surface area contributed by atoms with Crippen molar-refractivity contribution in [2.75, 3.05) is 11.5 Å². The Bertz CT molecular complexity index is 1090. The van der Waals surface area contributed by atoms with Crippen LogP contribution in [0.4, 0.5) is 10.2 Å². The van der Waals surface area contributed by atoms with Gasteiger partial charge in [-0.15, -0.1) is 0 Å². The number of esters is 1. The molecule has 0 saturated heterocycles. The van der Waals surface area contributed by atoms with Crippen LogP contribution < -0.4 is 10.6 Å². The molecule has 2 aliphatic rings. The number of nitrogens with two attached hydrogens (primary N) is 1. The lowest BCUT2D eigenvalue weighted by Gasteiger charge is -2.40.